The summed E-state index contributed by atoms with van der Waals surface area (Å²) >= 11 is 0. The molecule has 0 fully saturated rings. The van der Waals surface area contributed by atoms with Gasteiger partial charge in [-0.15, -0.1) is 0 Å². The highest BCUT2D eigenvalue weighted by Crippen LogP contribution is 2.38. The topological polar surface area (TPSA) is 38.7 Å². The zero-order valence-electron chi connectivity index (χ0n) is 30.5. The SMILES string of the molecule is c1ccc(-c2cccc(-c3cc(-c4cc(-c5ccc6ncccc6c5)cc(-c5ccc6ncccc6c5)c4)cc(-c4cccc(-c5ccccc5)c4)n3)c2)cc1. The van der Waals surface area contributed by atoms with Gasteiger partial charge < -0.3 is 0 Å². The van der Waals surface area contributed by atoms with E-state index in [1.54, 1.807) is 0 Å². The summed E-state index contributed by atoms with van der Waals surface area (Å²) in [7, 11) is 0. The summed E-state index contributed by atoms with van der Waals surface area (Å²) in [4.78, 5) is 14.6. The zero-order valence-corrected chi connectivity index (χ0v) is 30.5. The van der Waals surface area contributed by atoms with E-state index in [9.17, 15) is 0 Å². The minimum Gasteiger partial charge on any atom is -0.256 e. The van der Waals surface area contributed by atoms with Crippen molar-refractivity contribution >= 4 is 21.8 Å². The van der Waals surface area contributed by atoms with Crippen LogP contribution in [0.5, 0.6) is 0 Å². The molecule has 262 valence electrons. The molecular weight excluding hydrogens is 679 g/mol. The summed E-state index contributed by atoms with van der Waals surface area (Å²) in [6.45, 7) is 0. The van der Waals surface area contributed by atoms with Crippen LogP contribution in [0.2, 0.25) is 0 Å². The van der Waals surface area contributed by atoms with Crippen LogP contribution < -0.4 is 0 Å². The molecule has 0 spiro atoms. The fourth-order valence-corrected chi connectivity index (χ4v) is 7.61. The van der Waals surface area contributed by atoms with Gasteiger partial charge in [-0.3, -0.25) is 9.97 Å². The third-order valence-electron chi connectivity index (χ3n) is 10.5. The lowest BCUT2D eigenvalue weighted by Gasteiger charge is -2.15. The lowest BCUT2D eigenvalue weighted by molar-refractivity contribution is 1.32. The number of hydrogen-bond donors (Lipinski definition) is 0. The number of benzene rings is 7. The first-order valence-corrected chi connectivity index (χ1v) is 18.9. The molecule has 0 amide bonds. The number of nitrogens with zero attached hydrogens (tertiary/aromatic N) is 3. The van der Waals surface area contributed by atoms with Gasteiger partial charge in [0.1, 0.15) is 0 Å². The van der Waals surface area contributed by atoms with E-state index in [1.165, 1.54) is 11.1 Å². The molecule has 10 rings (SSSR count). The Morgan fingerprint density at radius 1 is 0.232 bits per heavy atom. The monoisotopic (exact) mass is 713 g/mol. The second kappa shape index (κ2) is 14.4. The number of fused-ring (bicyclic) bond motifs is 2. The van der Waals surface area contributed by atoms with E-state index < -0.39 is 0 Å². The predicted molar refractivity (Wildman–Crippen MR) is 233 cm³/mol. The van der Waals surface area contributed by atoms with E-state index in [0.29, 0.717) is 0 Å². The highest BCUT2D eigenvalue weighted by Gasteiger charge is 2.14. The van der Waals surface area contributed by atoms with Crippen molar-refractivity contribution in [1.82, 2.24) is 15.0 Å². The molecule has 0 saturated carbocycles. The van der Waals surface area contributed by atoms with Crippen LogP contribution in [-0.2, 0) is 0 Å². The van der Waals surface area contributed by atoms with Crippen molar-refractivity contribution in [3.63, 3.8) is 0 Å². The van der Waals surface area contributed by atoms with E-state index in [1.807, 2.05) is 24.5 Å². The fraction of sp³-hybridized carbons (Fsp3) is 0. The normalized spacial score (nSPS) is 11.2. The molecule has 7 aromatic carbocycles. The van der Waals surface area contributed by atoms with Gasteiger partial charge in [-0.1, -0.05) is 121 Å². The summed E-state index contributed by atoms with van der Waals surface area (Å²) in [5.74, 6) is 0. The summed E-state index contributed by atoms with van der Waals surface area (Å²) in [5.41, 5.74) is 17.3. The largest absolute Gasteiger partial charge is 0.256 e. The summed E-state index contributed by atoms with van der Waals surface area (Å²) in [6.07, 6.45) is 3.69. The van der Waals surface area contributed by atoms with E-state index >= 15 is 0 Å². The van der Waals surface area contributed by atoms with Crippen molar-refractivity contribution in [3.05, 3.63) is 213 Å². The fourth-order valence-electron chi connectivity index (χ4n) is 7.61. The molecule has 0 N–H and O–H groups in total. The minimum atomic E-state index is 0.918. The lowest BCUT2D eigenvalue weighted by Crippen LogP contribution is -1.93. The third kappa shape index (κ3) is 6.63. The molecule has 3 aromatic heterocycles. The Balaban J connectivity index is 1.19. The maximum absolute atomic E-state index is 5.38. The highest BCUT2D eigenvalue weighted by atomic mass is 14.7. The Kier molecular flexibility index (Phi) is 8.51. The maximum Gasteiger partial charge on any atom is 0.0715 e. The van der Waals surface area contributed by atoms with Gasteiger partial charge in [0.15, 0.2) is 0 Å². The minimum absolute atomic E-state index is 0.918. The van der Waals surface area contributed by atoms with E-state index in [0.717, 1.165) is 88.8 Å². The van der Waals surface area contributed by atoms with Gasteiger partial charge in [0, 0.05) is 34.3 Å². The van der Waals surface area contributed by atoms with Crippen LogP contribution in [0.3, 0.4) is 0 Å². The molecule has 0 atom stereocenters. The van der Waals surface area contributed by atoms with Gasteiger partial charge in [0.2, 0.25) is 0 Å². The van der Waals surface area contributed by atoms with Crippen LogP contribution in [0.15, 0.2) is 213 Å². The lowest BCUT2D eigenvalue weighted by atomic mass is 9.91. The Bertz CT molecular complexity index is 2830. The predicted octanol–water partition coefficient (Wildman–Crippen LogP) is 13.8. The average molecular weight is 714 g/mol. The van der Waals surface area contributed by atoms with Gasteiger partial charge >= 0.3 is 0 Å². The van der Waals surface area contributed by atoms with Crippen LogP contribution in [0.25, 0.3) is 100.0 Å². The molecule has 0 aliphatic carbocycles. The molecule has 0 radical (unpaired) electrons. The standard InChI is InChI=1S/C53H35N3/c1-3-11-36(12-4-1)38-15-7-17-44(27-38)52-34-49(35-53(56-52)45-18-8-16-39(28-45)37-13-5-2-6-14-37)48-32-46(40-21-23-50-42(29-40)19-9-25-54-50)31-47(33-48)41-22-24-51-43(30-41)20-10-26-55-51/h1-35H. The Morgan fingerprint density at radius 2 is 0.607 bits per heavy atom. The Morgan fingerprint density at radius 3 is 1.09 bits per heavy atom. The molecule has 10 aromatic rings. The van der Waals surface area contributed by atoms with Crippen molar-refractivity contribution in [2.75, 3.05) is 0 Å². The third-order valence-corrected chi connectivity index (χ3v) is 10.5. The molecular formula is C53H35N3. The molecule has 0 bridgehead atoms. The van der Waals surface area contributed by atoms with Crippen LogP contribution in [0, 0.1) is 0 Å². The van der Waals surface area contributed by atoms with Crippen molar-refractivity contribution in [2.45, 2.75) is 0 Å². The summed E-state index contributed by atoms with van der Waals surface area (Å²) < 4.78 is 0. The molecule has 0 unspecified atom stereocenters. The number of rotatable bonds is 7. The summed E-state index contributed by atoms with van der Waals surface area (Å²) in [5, 5.41) is 2.22. The number of hydrogen-bond acceptors (Lipinski definition) is 3. The molecule has 3 heterocycles. The van der Waals surface area contributed by atoms with Crippen molar-refractivity contribution in [1.29, 1.82) is 0 Å². The number of aromatic nitrogens is 3. The van der Waals surface area contributed by atoms with Crippen molar-refractivity contribution < 1.29 is 0 Å². The van der Waals surface area contributed by atoms with E-state index in [-0.39, 0.29) is 0 Å². The zero-order chi connectivity index (χ0) is 37.3. The quantitative estimate of drug-likeness (QED) is 0.165. The second-order valence-electron chi connectivity index (χ2n) is 14.1. The van der Waals surface area contributed by atoms with Crippen LogP contribution in [0.1, 0.15) is 0 Å². The number of pyridine rings is 3. The van der Waals surface area contributed by atoms with Gasteiger partial charge in [-0.2, -0.15) is 0 Å². The summed E-state index contributed by atoms with van der Waals surface area (Å²) in [6, 6.07) is 71.2. The Labute approximate surface area is 326 Å². The van der Waals surface area contributed by atoms with Crippen LogP contribution in [0.4, 0.5) is 0 Å². The first kappa shape index (κ1) is 33.1. The van der Waals surface area contributed by atoms with Crippen LogP contribution in [-0.4, -0.2) is 15.0 Å². The van der Waals surface area contributed by atoms with Crippen molar-refractivity contribution in [2.24, 2.45) is 0 Å². The molecule has 0 aliphatic rings. The van der Waals surface area contributed by atoms with E-state index in [4.69, 9.17) is 4.98 Å². The first-order valence-electron chi connectivity index (χ1n) is 18.9. The van der Waals surface area contributed by atoms with Gasteiger partial charge in [0.25, 0.3) is 0 Å². The first-order chi connectivity index (χ1) is 27.7. The van der Waals surface area contributed by atoms with Gasteiger partial charge in [0.05, 0.1) is 22.4 Å². The van der Waals surface area contributed by atoms with E-state index in [2.05, 4.69) is 198 Å². The Hall–Kier alpha value is -7.49. The van der Waals surface area contributed by atoms with Crippen LogP contribution >= 0.6 is 0 Å². The van der Waals surface area contributed by atoms with Crippen molar-refractivity contribution in [3.8, 4) is 78.1 Å². The van der Waals surface area contributed by atoms with Gasteiger partial charge in [-0.05, 0) is 134 Å². The second-order valence-corrected chi connectivity index (χ2v) is 14.1. The molecule has 3 heteroatoms. The maximum atomic E-state index is 5.38. The smallest absolute Gasteiger partial charge is 0.0715 e. The molecule has 0 aliphatic heterocycles. The molecule has 56 heavy (non-hydrogen) atoms. The van der Waals surface area contributed by atoms with Gasteiger partial charge in [-0.25, -0.2) is 4.98 Å². The molecule has 0 saturated heterocycles. The average Bonchev–Trinajstić information content (AvgIpc) is 3.29. The highest BCUT2D eigenvalue weighted by molar-refractivity contribution is 5.91. The molecule has 3 nitrogen and oxygen atoms in total.